The fourth-order valence-corrected chi connectivity index (χ4v) is 5.82. The molecule has 4 rings (SSSR count). The average Bonchev–Trinajstić information content (AvgIpc) is 3.11. The molecular weight excluding hydrogens is 430 g/mol. The summed E-state index contributed by atoms with van der Waals surface area (Å²) in [7, 11) is -3.06. The van der Waals surface area contributed by atoms with Crippen LogP contribution in [0.1, 0.15) is 37.2 Å². The maximum atomic E-state index is 13.2. The number of amides is 1. The van der Waals surface area contributed by atoms with E-state index in [9.17, 15) is 18.3 Å². The second kappa shape index (κ2) is 9.41. The molecule has 3 heterocycles. The second-order valence-corrected chi connectivity index (χ2v) is 11.3. The van der Waals surface area contributed by atoms with E-state index in [2.05, 4.69) is 18.7 Å². The van der Waals surface area contributed by atoms with E-state index in [0.717, 1.165) is 42.6 Å². The number of aromatic nitrogens is 1. The lowest BCUT2D eigenvalue weighted by Crippen LogP contribution is -2.44. The summed E-state index contributed by atoms with van der Waals surface area (Å²) in [5.74, 6) is 0.567. The summed E-state index contributed by atoms with van der Waals surface area (Å²) in [6.45, 7) is 7.09. The van der Waals surface area contributed by atoms with Crippen LogP contribution >= 0.6 is 0 Å². The van der Waals surface area contributed by atoms with E-state index < -0.39 is 9.84 Å². The number of fused-ring (bicyclic) bond motifs is 1. The van der Waals surface area contributed by atoms with E-state index in [1.807, 2.05) is 28.8 Å². The van der Waals surface area contributed by atoms with Gasteiger partial charge in [0, 0.05) is 49.7 Å². The first-order chi connectivity index (χ1) is 15.3. The zero-order valence-corrected chi connectivity index (χ0v) is 19.7. The highest BCUT2D eigenvalue weighted by Crippen LogP contribution is 2.28. The van der Waals surface area contributed by atoms with Crippen LogP contribution in [0.2, 0.25) is 0 Å². The molecule has 0 atom stereocenters. The van der Waals surface area contributed by atoms with E-state index in [4.69, 9.17) is 4.74 Å². The number of piperidine rings is 1. The Labute approximate surface area is 189 Å². The third-order valence-corrected chi connectivity index (χ3v) is 8.17. The number of benzene rings is 1. The van der Waals surface area contributed by atoms with Crippen LogP contribution in [0, 0.1) is 0 Å². The molecule has 2 aliphatic heterocycles. The van der Waals surface area contributed by atoms with Gasteiger partial charge in [0.1, 0.15) is 17.5 Å². The SMILES string of the molecule is CC(C)N1CCC(Oc2ccc3c(c2)cc(C(=O)N2CCS(=O)(=O)CC2)n3CCO)CC1. The minimum atomic E-state index is -3.06. The van der Waals surface area contributed by atoms with Gasteiger partial charge in [0.15, 0.2) is 9.84 Å². The Morgan fingerprint density at radius 3 is 2.44 bits per heavy atom. The highest BCUT2D eigenvalue weighted by molar-refractivity contribution is 7.91. The zero-order valence-electron chi connectivity index (χ0n) is 18.9. The lowest BCUT2D eigenvalue weighted by Gasteiger charge is -2.34. The third-order valence-electron chi connectivity index (χ3n) is 6.56. The van der Waals surface area contributed by atoms with Crippen molar-refractivity contribution in [2.75, 3.05) is 44.3 Å². The molecule has 9 heteroatoms. The molecular formula is C23H33N3O5S. The van der Waals surface area contributed by atoms with E-state index in [0.29, 0.717) is 18.3 Å². The van der Waals surface area contributed by atoms with Crippen LogP contribution in [0.15, 0.2) is 24.3 Å². The van der Waals surface area contributed by atoms with Gasteiger partial charge in [-0.2, -0.15) is 0 Å². The Bertz CT molecular complexity index is 1060. The van der Waals surface area contributed by atoms with Gasteiger partial charge < -0.3 is 24.2 Å². The second-order valence-electron chi connectivity index (χ2n) is 9.02. The van der Waals surface area contributed by atoms with Gasteiger partial charge in [-0.15, -0.1) is 0 Å². The fourth-order valence-electron chi connectivity index (χ4n) is 4.62. The van der Waals surface area contributed by atoms with Crippen molar-refractivity contribution < 1.29 is 23.1 Å². The molecule has 2 saturated heterocycles. The minimum Gasteiger partial charge on any atom is -0.490 e. The van der Waals surface area contributed by atoms with Gasteiger partial charge in [0.25, 0.3) is 5.91 Å². The molecule has 0 spiro atoms. The molecule has 2 aromatic rings. The first-order valence-electron chi connectivity index (χ1n) is 11.4. The maximum Gasteiger partial charge on any atom is 0.270 e. The van der Waals surface area contributed by atoms with E-state index in [-0.39, 0.29) is 43.2 Å². The highest BCUT2D eigenvalue weighted by Gasteiger charge is 2.28. The number of likely N-dealkylation sites (tertiary alicyclic amines) is 1. The molecule has 176 valence electrons. The van der Waals surface area contributed by atoms with Crippen LogP contribution in [0.4, 0.5) is 0 Å². The Kier molecular flexibility index (Phi) is 6.78. The molecule has 1 aromatic heterocycles. The number of carbonyl (C=O) groups is 1. The van der Waals surface area contributed by atoms with E-state index >= 15 is 0 Å². The Morgan fingerprint density at radius 1 is 1.12 bits per heavy atom. The summed E-state index contributed by atoms with van der Waals surface area (Å²) in [5.41, 5.74) is 1.32. The van der Waals surface area contributed by atoms with Gasteiger partial charge >= 0.3 is 0 Å². The first-order valence-corrected chi connectivity index (χ1v) is 13.2. The van der Waals surface area contributed by atoms with Crippen LogP contribution in [0.5, 0.6) is 5.75 Å². The van der Waals surface area contributed by atoms with Gasteiger partial charge in [-0.05, 0) is 51.0 Å². The lowest BCUT2D eigenvalue weighted by atomic mass is 10.1. The van der Waals surface area contributed by atoms with Crippen molar-refractivity contribution >= 4 is 26.6 Å². The molecule has 0 radical (unpaired) electrons. The molecule has 2 fully saturated rings. The quantitative estimate of drug-likeness (QED) is 0.702. The third kappa shape index (κ3) is 4.94. The van der Waals surface area contributed by atoms with Gasteiger partial charge in [0.2, 0.25) is 0 Å². The van der Waals surface area contributed by atoms with Crippen LogP contribution < -0.4 is 4.74 Å². The van der Waals surface area contributed by atoms with Gasteiger partial charge in [-0.3, -0.25) is 4.79 Å². The standard InChI is InChI=1S/C23H33N3O5S/c1-17(2)24-7-5-19(6-8-24)31-20-3-4-21-18(15-20)16-22(26(21)9-12-27)23(28)25-10-13-32(29,30)14-11-25/h3-4,15-17,19,27H,5-14H2,1-2H3. The van der Waals surface area contributed by atoms with Crippen LogP contribution in [0.25, 0.3) is 10.9 Å². The first kappa shape index (κ1) is 23.1. The van der Waals surface area contributed by atoms with Crippen molar-refractivity contribution in [2.24, 2.45) is 0 Å². The lowest BCUT2D eigenvalue weighted by molar-refractivity contribution is 0.0758. The molecule has 0 saturated carbocycles. The summed E-state index contributed by atoms with van der Waals surface area (Å²) in [6, 6.07) is 8.18. The van der Waals surface area contributed by atoms with Gasteiger partial charge in [-0.25, -0.2) is 8.42 Å². The van der Waals surface area contributed by atoms with Crippen molar-refractivity contribution in [3.63, 3.8) is 0 Å². The smallest absolute Gasteiger partial charge is 0.270 e. The number of nitrogens with zero attached hydrogens (tertiary/aromatic N) is 3. The molecule has 0 unspecified atom stereocenters. The molecule has 8 nitrogen and oxygen atoms in total. The Balaban J connectivity index is 1.53. The number of aliphatic hydroxyl groups excluding tert-OH is 1. The molecule has 0 bridgehead atoms. The minimum absolute atomic E-state index is 0.00736. The molecule has 1 aromatic carbocycles. The summed E-state index contributed by atoms with van der Waals surface area (Å²) in [6.07, 6.45) is 2.16. The topological polar surface area (TPSA) is 92.1 Å². The summed E-state index contributed by atoms with van der Waals surface area (Å²) < 4.78 is 31.5. The van der Waals surface area contributed by atoms with Gasteiger partial charge in [0.05, 0.1) is 18.1 Å². The van der Waals surface area contributed by atoms with Crippen molar-refractivity contribution in [2.45, 2.75) is 45.4 Å². The number of sulfone groups is 1. The van der Waals surface area contributed by atoms with Gasteiger partial charge in [-0.1, -0.05) is 0 Å². The summed E-state index contributed by atoms with van der Waals surface area (Å²) >= 11 is 0. The number of hydrogen-bond acceptors (Lipinski definition) is 6. The number of aliphatic hydroxyl groups is 1. The molecule has 32 heavy (non-hydrogen) atoms. The summed E-state index contributed by atoms with van der Waals surface area (Å²) in [4.78, 5) is 17.2. The number of rotatable bonds is 6. The molecule has 0 aliphatic carbocycles. The van der Waals surface area contributed by atoms with Crippen molar-refractivity contribution in [3.05, 3.63) is 30.0 Å². The van der Waals surface area contributed by atoms with E-state index in [1.165, 1.54) is 0 Å². The number of ether oxygens (including phenoxy) is 1. The normalized spacial score (nSPS) is 20.2. The van der Waals surface area contributed by atoms with Crippen molar-refractivity contribution in [1.29, 1.82) is 0 Å². The van der Waals surface area contributed by atoms with Crippen molar-refractivity contribution in [1.82, 2.24) is 14.4 Å². The predicted octanol–water partition coefficient (Wildman–Crippen LogP) is 1.76. The van der Waals surface area contributed by atoms with Crippen LogP contribution in [-0.4, -0.2) is 90.2 Å². The number of hydrogen-bond donors (Lipinski definition) is 1. The van der Waals surface area contributed by atoms with Crippen molar-refractivity contribution in [3.8, 4) is 5.75 Å². The monoisotopic (exact) mass is 463 g/mol. The molecule has 2 aliphatic rings. The zero-order chi connectivity index (χ0) is 22.9. The Hall–Kier alpha value is -2.10. The fraction of sp³-hybridized carbons (Fsp3) is 0.609. The predicted molar refractivity (Wildman–Crippen MR) is 124 cm³/mol. The maximum absolute atomic E-state index is 13.2. The highest BCUT2D eigenvalue weighted by atomic mass is 32.2. The van der Waals surface area contributed by atoms with Crippen LogP contribution in [0.3, 0.4) is 0 Å². The summed E-state index contributed by atoms with van der Waals surface area (Å²) in [5, 5.41) is 10.4. The molecule has 1 N–H and O–H groups in total. The van der Waals surface area contributed by atoms with E-state index in [1.54, 1.807) is 4.90 Å². The van der Waals surface area contributed by atoms with Crippen LogP contribution in [-0.2, 0) is 16.4 Å². The molecule has 1 amide bonds. The Morgan fingerprint density at radius 2 is 1.81 bits per heavy atom. The largest absolute Gasteiger partial charge is 0.490 e. The average molecular weight is 464 g/mol. The number of carbonyl (C=O) groups excluding carboxylic acids is 1.